The van der Waals surface area contributed by atoms with Crippen LogP contribution in [-0.2, 0) is 0 Å². The van der Waals surface area contributed by atoms with Crippen LogP contribution in [0.15, 0.2) is 30.3 Å². The van der Waals surface area contributed by atoms with E-state index in [1.165, 1.54) is 10.1 Å². The zero-order valence-electron chi connectivity index (χ0n) is 11.9. The van der Waals surface area contributed by atoms with Gasteiger partial charge in [-0.3, -0.25) is 9.69 Å². The molecule has 0 spiro atoms. The summed E-state index contributed by atoms with van der Waals surface area (Å²) < 4.78 is 1.19. The van der Waals surface area contributed by atoms with Gasteiger partial charge in [0.25, 0.3) is 5.91 Å². The van der Waals surface area contributed by atoms with Gasteiger partial charge in [-0.25, -0.2) is 0 Å². The first kappa shape index (κ1) is 13.2. The molecule has 21 heavy (non-hydrogen) atoms. The van der Waals surface area contributed by atoms with Gasteiger partial charge in [0.15, 0.2) is 0 Å². The number of piperazine rings is 1. The van der Waals surface area contributed by atoms with Gasteiger partial charge in [0.2, 0.25) is 0 Å². The van der Waals surface area contributed by atoms with Crippen molar-refractivity contribution in [1.82, 2.24) is 15.1 Å². The maximum absolute atomic E-state index is 12.5. The first-order chi connectivity index (χ1) is 10.3. The lowest BCUT2D eigenvalue weighted by Crippen LogP contribution is -2.63. The molecule has 4 nitrogen and oxygen atoms in total. The van der Waals surface area contributed by atoms with Gasteiger partial charge >= 0.3 is 0 Å². The number of thiophene rings is 1. The molecule has 4 rings (SSSR count). The molecular weight excluding hydrogens is 282 g/mol. The predicted molar refractivity (Wildman–Crippen MR) is 86.0 cm³/mol. The molecule has 2 aromatic rings. The number of hydrogen-bond donors (Lipinski definition) is 1. The van der Waals surface area contributed by atoms with Crippen molar-refractivity contribution >= 4 is 27.3 Å². The Morgan fingerprint density at radius 3 is 2.71 bits per heavy atom. The zero-order valence-corrected chi connectivity index (χ0v) is 12.7. The van der Waals surface area contributed by atoms with E-state index in [2.05, 4.69) is 22.3 Å². The molecule has 0 unspecified atom stereocenters. The summed E-state index contributed by atoms with van der Waals surface area (Å²) in [6.45, 7) is 6.12. The van der Waals surface area contributed by atoms with Crippen molar-refractivity contribution in [2.45, 2.75) is 6.04 Å². The Morgan fingerprint density at radius 2 is 1.95 bits per heavy atom. The first-order valence-electron chi connectivity index (χ1n) is 7.54. The molecule has 1 aromatic carbocycles. The number of carbonyl (C=O) groups is 1. The second kappa shape index (κ2) is 5.40. The Bertz CT molecular complexity index is 623. The number of nitrogens with zero attached hydrogens (tertiary/aromatic N) is 2. The molecule has 0 bridgehead atoms. The number of amides is 1. The van der Waals surface area contributed by atoms with Gasteiger partial charge in [-0.15, -0.1) is 11.3 Å². The second-order valence-corrected chi connectivity index (χ2v) is 6.88. The van der Waals surface area contributed by atoms with E-state index in [1.807, 2.05) is 23.1 Å². The lowest BCUT2D eigenvalue weighted by molar-refractivity contribution is 0.0231. The van der Waals surface area contributed by atoms with Crippen LogP contribution in [0.5, 0.6) is 0 Å². The molecule has 110 valence electrons. The lowest BCUT2D eigenvalue weighted by atomic mass is 10.1. The molecule has 1 aromatic heterocycles. The van der Waals surface area contributed by atoms with Crippen LogP contribution >= 0.6 is 11.3 Å². The Hall–Kier alpha value is -1.43. The third-order valence-electron chi connectivity index (χ3n) is 4.45. The first-order valence-corrected chi connectivity index (χ1v) is 8.35. The van der Waals surface area contributed by atoms with E-state index in [0.717, 1.165) is 44.1 Å². The quantitative estimate of drug-likeness (QED) is 0.916. The van der Waals surface area contributed by atoms with Crippen LogP contribution in [-0.4, -0.2) is 61.0 Å². The maximum atomic E-state index is 12.5. The van der Waals surface area contributed by atoms with Crippen LogP contribution in [0.3, 0.4) is 0 Å². The largest absolute Gasteiger partial charge is 0.335 e. The van der Waals surface area contributed by atoms with Gasteiger partial charge in [0, 0.05) is 50.0 Å². The van der Waals surface area contributed by atoms with Crippen molar-refractivity contribution in [2.24, 2.45) is 0 Å². The summed E-state index contributed by atoms with van der Waals surface area (Å²) in [4.78, 5) is 17.9. The van der Waals surface area contributed by atoms with Crippen molar-refractivity contribution in [3.8, 4) is 0 Å². The SMILES string of the molecule is O=C(c1cc2ccccc2s1)N1CC(N2CCNCC2)C1. The topological polar surface area (TPSA) is 35.6 Å². The number of benzene rings is 1. The molecule has 1 N–H and O–H groups in total. The molecule has 1 amide bonds. The van der Waals surface area contributed by atoms with E-state index in [-0.39, 0.29) is 5.91 Å². The third kappa shape index (κ3) is 2.46. The van der Waals surface area contributed by atoms with E-state index in [4.69, 9.17) is 0 Å². The summed E-state index contributed by atoms with van der Waals surface area (Å²) in [6.07, 6.45) is 0. The Kier molecular flexibility index (Phi) is 3.41. The molecule has 5 heteroatoms. The summed E-state index contributed by atoms with van der Waals surface area (Å²) in [7, 11) is 0. The Balaban J connectivity index is 1.42. The van der Waals surface area contributed by atoms with Crippen LogP contribution < -0.4 is 5.32 Å². The fourth-order valence-corrected chi connectivity index (χ4v) is 4.17. The minimum Gasteiger partial charge on any atom is -0.335 e. The lowest BCUT2D eigenvalue weighted by Gasteiger charge is -2.46. The number of carbonyl (C=O) groups excluding carboxylic acids is 1. The standard InChI is InChI=1S/C16H19N3OS/c20-16(15-9-12-3-1-2-4-14(12)21-15)19-10-13(11-19)18-7-5-17-6-8-18/h1-4,9,13,17H,5-8,10-11H2. The summed E-state index contributed by atoms with van der Waals surface area (Å²) in [5, 5.41) is 4.54. The van der Waals surface area contributed by atoms with Crippen molar-refractivity contribution in [1.29, 1.82) is 0 Å². The molecule has 2 fully saturated rings. The fraction of sp³-hybridized carbons (Fsp3) is 0.438. The smallest absolute Gasteiger partial charge is 0.264 e. The number of nitrogens with one attached hydrogen (secondary N) is 1. The predicted octanol–water partition coefficient (Wildman–Crippen LogP) is 1.63. The highest BCUT2D eigenvalue weighted by Gasteiger charge is 2.35. The zero-order chi connectivity index (χ0) is 14.2. The van der Waals surface area contributed by atoms with Gasteiger partial charge in [0.05, 0.1) is 4.88 Å². The Labute approximate surface area is 128 Å². The average Bonchev–Trinajstić information content (AvgIpc) is 2.90. The summed E-state index contributed by atoms with van der Waals surface area (Å²) in [5.74, 6) is 0.197. The van der Waals surface area contributed by atoms with E-state index < -0.39 is 0 Å². The molecule has 0 saturated carbocycles. The molecule has 3 heterocycles. The van der Waals surface area contributed by atoms with Crippen LogP contribution in [0, 0.1) is 0 Å². The highest BCUT2D eigenvalue weighted by Crippen LogP contribution is 2.28. The van der Waals surface area contributed by atoms with Crippen molar-refractivity contribution in [2.75, 3.05) is 39.3 Å². The Morgan fingerprint density at radius 1 is 1.19 bits per heavy atom. The van der Waals surface area contributed by atoms with E-state index >= 15 is 0 Å². The molecule has 2 saturated heterocycles. The van der Waals surface area contributed by atoms with Crippen LogP contribution in [0.25, 0.3) is 10.1 Å². The highest BCUT2D eigenvalue weighted by atomic mass is 32.1. The van der Waals surface area contributed by atoms with Crippen LogP contribution in [0.4, 0.5) is 0 Å². The molecule has 0 radical (unpaired) electrons. The molecule has 0 atom stereocenters. The maximum Gasteiger partial charge on any atom is 0.264 e. The molecular formula is C16H19N3OS. The minimum atomic E-state index is 0.197. The monoisotopic (exact) mass is 301 g/mol. The van der Waals surface area contributed by atoms with Gasteiger partial charge < -0.3 is 10.2 Å². The van der Waals surface area contributed by atoms with Crippen LogP contribution in [0.1, 0.15) is 9.67 Å². The fourth-order valence-electron chi connectivity index (χ4n) is 3.14. The molecule has 2 aliphatic rings. The second-order valence-electron chi connectivity index (χ2n) is 5.80. The van der Waals surface area contributed by atoms with E-state index in [9.17, 15) is 4.79 Å². The van der Waals surface area contributed by atoms with Gasteiger partial charge in [-0.05, 0) is 17.5 Å². The molecule has 0 aliphatic carbocycles. The van der Waals surface area contributed by atoms with Gasteiger partial charge in [-0.1, -0.05) is 18.2 Å². The number of likely N-dealkylation sites (tertiary alicyclic amines) is 1. The van der Waals surface area contributed by atoms with Gasteiger partial charge in [-0.2, -0.15) is 0 Å². The summed E-state index contributed by atoms with van der Waals surface area (Å²) >= 11 is 1.60. The van der Waals surface area contributed by atoms with E-state index in [1.54, 1.807) is 11.3 Å². The van der Waals surface area contributed by atoms with Crippen molar-refractivity contribution in [3.05, 3.63) is 35.2 Å². The van der Waals surface area contributed by atoms with Gasteiger partial charge in [0.1, 0.15) is 0 Å². The normalized spacial score (nSPS) is 20.7. The number of rotatable bonds is 2. The molecule has 2 aliphatic heterocycles. The summed E-state index contributed by atoms with van der Waals surface area (Å²) in [5.41, 5.74) is 0. The van der Waals surface area contributed by atoms with Crippen molar-refractivity contribution < 1.29 is 4.79 Å². The van der Waals surface area contributed by atoms with Crippen LogP contribution in [0.2, 0.25) is 0 Å². The van der Waals surface area contributed by atoms with E-state index in [0.29, 0.717) is 6.04 Å². The highest BCUT2D eigenvalue weighted by molar-refractivity contribution is 7.20. The third-order valence-corrected chi connectivity index (χ3v) is 5.56. The number of fused-ring (bicyclic) bond motifs is 1. The average molecular weight is 301 g/mol. The summed E-state index contributed by atoms with van der Waals surface area (Å²) in [6, 6.07) is 10.8. The minimum absolute atomic E-state index is 0.197. The number of hydrogen-bond acceptors (Lipinski definition) is 4. The van der Waals surface area contributed by atoms with Crippen molar-refractivity contribution in [3.63, 3.8) is 0 Å².